The normalized spacial score (nSPS) is 31.7. The van der Waals surface area contributed by atoms with Crippen molar-refractivity contribution in [3.63, 3.8) is 0 Å². The van der Waals surface area contributed by atoms with Gasteiger partial charge in [-0.15, -0.1) is 0 Å². The molecule has 2 aliphatic heterocycles. The molecular formula is C19H19N3O4. The Labute approximate surface area is 150 Å². The van der Waals surface area contributed by atoms with Crippen LogP contribution in [-0.4, -0.2) is 40.1 Å². The quantitative estimate of drug-likeness (QED) is 0.783. The number of nitrogens with one attached hydrogen (secondary N) is 2. The molecule has 0 spiro atoms. The molecule has 3 aliphatic carbocycles. The van der Waals surface area contributed by atoms with E-state index in [2.05, 4.69) is 10.6 Å². The van der Waals surface area contributed by atoms with E-state index in [0.717, 1.165) is 30.7 Å². The van der Waals surface area contributed by atoms with Crippen molar-refractivity contribution in [2.45, 2.75) is 50.2 Å². The van der Waals surface area contributed by atoms with E-state index in [1.54, 1.807) is 18.2 Å². The molecule has 3 saturated carbocycles. The van der Waals surface area contributed by atoms with Crippen LogP contribution >= 0.6 is 0 Å². The van der Waals surface area contributed by atoms with Crippen molar-refractivity contribution in [2.24, 2.45) is 5.92 Å². The standard InChI is InChI=1S/C19H19N3O4/c23-15-4-3-14(17(25)20-15)22-9-12-2-1-11(5-13(12)18(22)26)16(24)21-19-6-10(7-19)8-19/h1-2,5,10,14H,3-4,6-9H2,(H,21,24)(H,20,23,25). The summed E-state index contributed by atoms with van der Waals surface area (Å²) < 4.78 is 0. The lowest BCUT2D eigenvalue weighted by atomic mass is 9.50. The van der Waals surface area contributed by atoms with E-state index >= 15 is 0 Å². The van der Waals surface area contributed by atoms with Gasteiger partial charge >= 0.3 is 0 Å². The molecule has 1 aromatic rings. The van der Waals surface area contributed by atoms with Gasteiger partial charge in [0.25, 0.3) is 11.8 Å². The fraction of sp³-hybridized carbons (Fsp3) is 0.474. The van der Waals surface area contributed by atoms with E-state index in [1.807, 2.05) is 0 Å². The molecule has 0 aromatic heterocycles. The van der Waals surface area contributed by atoms with Crippen LogP contribution in [0.1, 0.15) is 58.4 Å². The van der Waals surface area contributed by atoms with Gasteiger partial charge in [0.15, 0.2) is 0 Å². The summed E-state index contributed by atoms with van der Waals surface area (Å²) in [4.78, 5) is 50.2. The largest absolute Gasteiger partial charge is 0.347 e. The minimum Gasteiger partial charge on any atom is -0.347 e. The predicted octanol–water partition coefficient (Wildman–Crippen LogP) is 0.730. The summed E-state index contributed by atoms with van der Waals surface area (Å²) in [6.07, 6.45) is 3.75. The lowest BCUT2D eigenvalue weighted by Gasteiger charge is -2.61. The number of imide groups is 1. The summed E-state index contributed by atoms with van der Waals surface area (Å²) in [5, 5.41) is 5.39. The highest BCUT2D eigenvalue weighted by Gasteiger charge is 2.57. The number of nitrogens with zero attached hydrogens (tertiary/aromatic N) is 1. The van der Waals surface area contributed by atoms with Crippen molar-refractivity contribution >= 4 is 23.6 Å². The summed E-state index contributed by atoms with van der Waals surface area (Å²) >= 11 is 0. The van der Waals surface area contributed by atoms with Crippen LogP contribution in [0.3, 0.4) is 0 Å². The molecule has 6 rings (SSSR count). The van der Waals surface area contributed by atoms with E-state index in [9.17, 15) is 19.2 Å². The molecule has 2 heterocycles. The minimum atomic E-state index is -0.634. The molecule has 1 saturated heterocycles. The topological polar surface area (TPSA) is 95.6 Å². The molecule has 26 heavy (non-hydrogen) atoms. The first-order chi connectivity index (χ1) is 12.4. The zero-order chi connectivity index (χ0) is 18.1. The van der Waals surface area contributed by atoms with E-state index < -0.39 is 11.9 Å². The van der Waals surface area contributed by atoms with Crippen LogP contribution in [0.25, 0.3) is 0 Å². The first kappa shape index (κ1) is 15.5. The van der Waals surface area contributed by atoms with Crippen LogP contribution in [-0.2, 0) is 16.1 Å². The van der Waals surface area contributed by atoms with Gasteiger partial charge in [-0.1, -0.05) is 6.07 Å². The van der Waals surface area contributed by atoms with Crippen LogP contribution in [0.5, 0.6) is 0 Å². The average Bonchev–Trinajstić information content (AvgIpc) is 2.86. The van der Waals surface area contributed by atoms with Crippen LogP contribution in [0.15, 0.2) is 18.2 Å². The number of carbonyl (C=O) groups is 4. The van der Waals surface area contributed by atoms with Crippen molar-refractivity contribution in [1.82, 2.24) is 15.5 Å². The fourth-order valence-corrected chi connectivity index (χ4v) is 4.64. The van der Waals surface area contributed by atoms with Gasteiger partial charge < -0.3 is 10.2 Å². The van der Waals surface area contributed by atoms with Gasteiger partial charge in [0.2, 0.25) is 11.8 Å². The minimum absolute atomic E-state index is 0.0104. The molecule has 1 unspecified atom stereocenters. The maximum atomic E-state index is 12.8. The third-order valence-corrected chi connectivity index (χ3v) is 6.21. The third kappa shape index (κ3) is 2.19. The number of carbonyl (C=O) groups excluding carboxylic acids is 4. The van der Waals surface area contributed by atoms with Crippen molar-refractivity contribution in [3.8, 4) is 0 Å². The Morgan fingerprint density at radius 3 is 2.62 bits per heavy atom. The molecule has 5 aliphatic rings. The molecule has 7 nitrogen and oxygen atoms in total. The van der Waals surface area contributed by atoms with Gasteiger partial charge in [0.1, 0.15) is 6.04 Å². The van der Waals surface area contributed by atoms with Crippen LogP contribution in [0.2, 0.25) is 0 Å². The molecule has 4 fully saturated rings. The van der Waals surface area contributed by atoms with Gasteiger partial charge in [-0.2, -0.15) is 0 Å². The first-order valence-electron chi connectivity index (χ1n) is 9.04. The lowest BCUT2D eigenvalue weighted by Crippen LogP contribution is -2.68. The van der Waals surface area contributed by atoms with Crippen molar-refractivity contribution in [2.75, 3.05) is 0 Å². The molecule has 1 atom stereocenters. The summed E-state index contributed by atoms with van der Waals surface area (Å²) in [6.45, 7) is 0.327. The van der Waals surface area contributed by atoms with Crippen LogP contribution < -0.4 is 10.6 Å². The Kier molecular flexibility index (Phi) is 3.08. The van der Waals surface area contributed by atoms with Gasteiger partial charge in [-0.25, -0.2) is 0 Å². The molecule has 0 radical (unpaired) electrons. The Balaban J connectivity index is 1.35. The molecular weight excluding hydrogens is 334 g/mol. The molecule has 134 valence electrons. The molecule has 4 amide bonds. The number of hydrogen-bond acceptors (Lipinski definition) is 4. The van der Waals surface area contributed by atoms with Crippen molar-refractivity contribution in [3.05, 3.63) is 34.9 Å². The van der Waals surface area contributed by atoms with Gasteiger partial charge in [-0.3, -0.25) is 24.5 Å². The Morgan fingerprint density at radius 2 is 1.96 bits per heavy atom. The summed E-state index contributed by atoms with van der Waals surface area (Å²) in [5.41, 5.74) is 1.75. The van der Waals surface area contributed by atoms with E-state index in [4.69, 9.17) is 0 Å². The Bertz CT molecular complexity index is 861. The number of benzene rings is 1. The van der Waals surface area contributed by atoms with Gasteiger partial charge in [-0.05, 0) is 49.3 Å². The maximum Gasteiger partial charge on any atom is 0.255 e. The average molecular weight is 353 g/mol. The second kappa shape index (κ2) is 5.16. The second-order valence-corrected chi connectivity index (χ2v) is 7.98. The summed E-state index contributed by atoms with van der Waals surface area (Å²) in [5.74, 6) is -0.348. The Morgan fingerprint density at radius 1 is 1.19 bits per heavy atom. The summed E-state index contributed by atoms with van der Waals surface area (Å²) in [7, 11) is 0. The maximum absolute atomic E-state index is 12.8. The molecule has 2 bridgehead atoms. The van der Waals surface area contributed by atoms with E-state index in [1.165, 1.54) is 4.90 Å². The highest BCUT2D eigenvalue weighted by atomic mass is 16.2. The van der Waals surface area contributed by atoms with Crippen LogP contribution in [0, 0.1) is 5.92 Å². The highest BCUT2D eigenvalue weighted by molar-refractivity contribution is 6.06. The van der Waals surface area contributed by atoms with Gasteiger partial charge in [0.05, 0.1) is 0 Å². The molecule has 1 aromatic carbocycles. The number of piperidine rings is 1. The summed E-state index contributed by atoms with van der Waals surface area (Å²) in [6, 6.07) is 4.52. The van der Waals surface area contributed by atoms with Gasteiger partial charge in [0, 0.05) is 29.6 Å². The van der Waals surface area contributed by atoms with E-state index in [-0.39, 0.29) is 29.7 Å². The SMILES string of the molecule is O=C1CCC(N2Cc3ccc(C(=O)NC45CC(C4)C5)cc3C2=O)C(=O)N1. The zero-order valence-electron chi connectivity index (χ0n) is 14.2. The number of rotatable bonds is 3. The first-order valence-corrected chi connectivity index (χ1v) is 9.04. The van der Waals surface area contributed by atoms with E-state index in [0.29, 0.717) is 24.1 Å². The Hall–Kier alpha value is -2.70. The fourth-order valence-electron chi connectivity index (χ4n) is 4.64. The number of fused-ring (bicyclic) bond motifs is 1. The zero-order valence-corrected chi connectivity index (χ0v) is 14.2. The predicted molar refractivity (Wildman–Crippen MR) is 90.0 cm³/mol. The lowest BCUT2D eigenvalue weighted by molar-refractivity contribution is -0.136. The third-order valence-electron chi connectivity index (χ3n) is 6.21. The monoisotopic (exact) mass is 353 g/mol. The van der Waals surface area contributed by atoms with Crippen molar-refractivity contribution < 1.29 is 19.2 Å². The smallest absolute Gasteiger partial charge is 0.255 e. The number of amides is 4. The van der Waals surface area contributed by atoms with Crippen LogP contribution in [0.4, 0.5) is 0 Å². The van der Waals surface area contributed by atoms with Crippen molar-refractivity contribution in [1.29, 1.82) is 0 Å². The highest BCUT2D eigenvalue weighted by Crippen LogP contribution is 2.57. The number of hydrogen-bond donors (Lipinski definition) is 2. The molecule has 2 N–H and O–H groups in total. The molecule has 7 heteroatoms. The second-order valence-electron chi connectivity index (χ2n) is 7.98.